The van der Waals surface area contributed by atoms with Gasteiger partial charge in [0.05, 0.1) is 22.4 Å². The fourth-order valence-corrected chi connectivity index (χ4v) is 6.18. The van der Waals surface area contributed by atoms with Crippen LogP contribution in [-0.4, -0.2) is 41.2 Å². The second kappa shape index (κ2) is 11.8. The second-order valence-corrected chi connectivity index (χ2v) is 10.8. The van der Waals surface area contributed by atoms with Crippen molar-refractivity contribution in [3.8, 4) is 0 Å². The van der Waals surface area contributed by atoms with Crippen molar-refractivity contribution in [3.63, 3.8) is 0 Å². The Morgan fingerprint density at radius 2 is 1.74 bits per heavy atom. The van der Waals surface area contributed by atoms with Crippen molar-refractivity contribution in [2.24, 2.45) is 0 Å². The number of carbonyl (C=O) groups is 2. The van der Waals surface area contributed by atoms with Gasteiger partial charge in [-0.2, -0.15) is 0 Å². The SMILES string of the molecule is CCOCN(C(=O)Cn1c(C2CC(=O)N(c3cccc4ccccc34)C2)nc2ccccc21)c1c(C)cccc1CC. The molecule has 0 spiro atoms. The van der Waals surface area contributed by atoms with E-state index in [4.69, 9.17) is 9.72 Å². The van der Waals surface area contributed by atoms with E-state index in [0.717, 1.165) is 56.6 Å². The molecule has 7 nitrogen and oxygen atoms in total. The van der Waals surface area contributed by atoms with Crippen LogP contribution in [0, 0.1) is 6.92 Å². The van der Waals surface area contributed by atoms with Crippen LogP contribution in [0.1, 0.15) is 43.1 Å². The number of amides is 2. The van der Waals surface area contributed by atoms with Gasteiger partial charge in [-0.15, -0.1) is 0 Å². The number of ether oxygens (including phenoxy) is 1. The topological polar surface area (TPSA) is 67.7 Å². The molecule has 1 saturated heterocycles. The van der Waals surface area contributed by atoms with Crippen LogP contribution in [0.3, 0.4) is 0 Å². The van der Waals surface area contributed by atoms with Crippen molar-refractivity contribution in [3.05, 3.63) is 102 Å². The Hall–Kier alpha value is -4.49. The zero-order valence-electron chi connectivity index (χ0n) is 24.4. The first-order valence-electron chi connectivity index (χ1n) is 14.7. The Balaban J connectivity index is 1.37. The van der Waals surface area contributed by atoms with Crippen LogP contribution in [0.25, 0.3) is 21.8 Å². The standard InChI is InChI=1S/C35H36N4O3/c1-4-25-14-10-12-24(3)34(25)39(23-42-5-2)33(41)22-38-31-18-9-8-17-29(31)36-35(38)27-20-32(40)37(21-27)30-19-11-15-26-13-6-7-16-28(26)30/h6-19,27H,4-5,20-23H2,1-3H3. The number of nitrogens with zero attached hydrogens (tertiary/aromatic N) is 4. The van der Waals surface area contributed by atoms with Gasteiger partial charge in [0.15, 0.2) is 0 Å². The van der Waals surface area contributed by atoms with E-state index in [9.17, 15) is 9.59 Å². The van der Waals surface area contributed by atoms with Gasteiger partial charge in [-0.1, -0.05) is 73.7 Å². The molecule has 1 fully saturated rings. The number of anilines is 2. The molecule has 1 unspecified atom stereocenters. The first-order valence-corrected chi connectivity index (χ1v) is 14.7. The summed E-state index contributed by atoms with van der Waals surface area (Å²) in [6.07, 6.45) is 1.14. The van der Waals surface area contributed by atoms with Crippen LogP contribution in [-0.2, 0) is 27.3 Å². The van der Waals surface area contributed by atoms with Crippen LogP contribution < -0.4 is 9.80 Å². The van der Waals surface area contributed by atoms with E-state index in [-0.39, 0.29) is 31.0 Å². The summed E-state index contributed by atoms with van der Waals surface area (Å²) in [5.41, 5.74) is 5.65. The number of aromatic nitrogens is 2. The third-order valence-corrected chi connectivity index (χ3v) is 8.22. The number of carbonyl (C=O) groups excluding carboxylic acids is 2. The maximum atomic E-state index is 14.2. The zero-order chi connectivity index (χ0) is 29.2. The smallest absolute Gasteiger partial charge is 0.248 e. The fourth-order valence-electron chi connectivity index (χ4n) is 6.18. The number of fused-ring (bicyclic) bond motifs is 2. The first kappa shape index (κ1) is 27.7. The van der Waals surface area contributed by atoms with Gasteiger partial charge in [0.25, 0.3) is 0 Å². The van der Waals surface area contributed by atoms with Gasteiger partial charge >= 0.3 is 0 Å². The predicted molar refractivity (Wildman–Crippen MR) is 168 cm³/mol. The summed E-state index contributed by atoms with van der Waals surface area (Å²) < 4.78 is 7.81. The molecule has 1 aliphatic rings. The van der Waals surface area contributed by atoms with Crippen LogP contribution in [0.4, 0.5) is 11.4 Å². The molecule has 1 aromatic heterocycles. The Kier molecular flexibility index (Phi) is 7.76. The Morgan fingerprint density at radius 3 is 2.57 bits per heavy atom. The van der Waals surface area contributed by atoms with E-state index >= 15 is 0 Å². The minimum atomic E-state index is -0.151. The van der Waals surface area contributed by atoms with E-state index < -0.39 is 0 Å². The van der Waals surface area contributed by atoms with Gasteiger partial charge in [0.1, 0.15) is 19.1 Å². The molecule has 1 aliphatic heterocycles. The molecule has 4 aromatic carbocycles. The van der Waals surface area contributed by atoms with Crippen LogP contribution in [0.2, 0.25) is 0 Å². The molecule has 6 rings (SSSR count). The molecule has 42 heavy (non-hydrogen) atoms. The van der Waals surface area contributed by atoms with Gasteiger partial charge in [-0.05, 0) is 55.0 Å². The number of aryl methyl sites for hydroxylation is 2. The van der Waals surface area contributed by atoms with Gasteiger partial charge in [-0.3, -0.25) is 14.5 Å². The fraction of sp³-hybridized carbons (Fsp3) is 0.286. The van der Waals surface area contributed by atoms with E-state index in [1.807, 2.05) is 84.0 Å². The predicted octanol–water partition coefficient (Wildman–Crippen LogP) is 6.61. The molecule has 2 amide bonds. The van der Waals surface area contributed by atoms with E-state index in [2.05, 4.69) is 31.2 Å². The summed E-state index contributed by atoms with van der Waals surface area (Å²) in [5, 5.41) is 2.15. The summed E-state index contributed by atoms with van der Waals surface area (Å²) in [6.45, 7) is 7.34. The lowest BCUT2D eigenvalue weighted by Gasteiger charge is -2.27. The molecule has 5 aromatic rings. The van der Waals surface area contributed by atoms with Crippen molar-refractivity contribution in [1.82, 2.24) is 9.55 Å². The van der Waals surface area contributed by atoms with Gasteiger partial charge in [0, 0.05) is 30.9 Å². The van der Waals surface area contributed by atoms with Crippen molar-refractivity contribution in [2.45, 2.75) is 46.1 Å². The lowest BCUT2D eigenvalue weighted by molar-refractivity contribution is -0.120. The van der Waals surface area contributed by atoms with Crippen molar-refractivity contribution >= 4 is 45.0 Å². The molecular weight excluding hydrogens is 524 g/mol. The Labute approximate surface area is 246 Å². The van der Waals surface area contributed by atoms with Crippen LogP contribution in [0.5, 0.6) is 0 Å². The minimum Gasteiger partial charge on any atom is -0.361 e. The van der Waals surface area contributed by atoms with E-state index in [1.165, 1.54) is 0 Å². The summed E-state index contributed by atoms with van der Waals surface area (Å²) in [5.74, 6) is 0.595. The summed E-state index contributed by atoms with van der Waals surface area (Å²) in [6, 6.07) is 28.2. The highest BCUT2D eigenvalue weighted by Crippen LogP contribution is 2.36. The third-order valence-electron chi connectivity index (χ3n) is 8.22. The van der Waals surface area contributed by atoms with Crippen molar-refractivity contribution < 1.29 is 14.3 Å². The third kappa shape index (κ3) is 5.05. The maximum absolute atomic E-state index is 14.2. The lowest BCUT2D eigenvalue weighted by atomic mass is 10.0. The van der Waals surface area contributed by atoms with Gasteiger partial charge < -0.3 is 14.2 Å². The molecule has 1 atom stereocenters. The lowest BCUT2D eigenvalue weighted by Crippen LogP contribution is -2.37. The highest BCUT2D eigenvalue weighted by atomic mass is 16.5. The monoisotopic (exact) mass is 560 g/mol. The molecule has 2 heterocycles. The summed E-state index contributed by atoms with van der Waals surface area (Å²) in [4.78, 5) is 36.3. The van der Waals surface area contributed by atoms with E-state index in [0.29, 0.717) is 19.6 Å². The van der Waals surface area contributed by atoms with Gasteiger partial charge in [-0.25, -0.2) is 4.98 Å². The average molecular weight is 561 g/mol. The molecule has 214 valence electrons. The number of rotatable bonds is 9. The normalized spacial score (nSPS) is 15.2. The van der Waals surface area contributed by atoms with Crippen LogP contribution >= 0.6 is 0 Å². The molecule has 7 heteroatoms. The molecule has 0 aliphatic carbocycles. The summed E-state index contributed by atoms with van der Waals surface area (Å²) >= 11 is 0. The molecule has 0 radical (unpaired) electrons. The number of hydrogen-bond acceptors (Lipinski definition) is 4. The van der Waals surface area contributed by atoms with Gasteiger partial charge in [0.2, 0.25) is 11.8 Å². The average Bonchev–Trinajstić information content (AvgIpc) is 3.57. The van der Waals surface area contributed by atoms with Crippen molar-refractivity contribution in [2.75, 3.05) is 29.7 Å². The Bertz CT molecular complexity index is 1770. The highest BCUT2D eigenvalue weighted by molar-refractivity contribution is 6.05. The second-order valence-electron chi connectivity index (χ2n) is 10.8. The largest absolute Gasteiger partial charge is 0.361 e. The van der Waals surface area contributed by atoms with E-state index in [1.54, 1.807) is 4.90 Å². The Morgan fingerprint density at radius 1 is 0.976 bits per heavy atom. The number of para-hydroxylation sites is 3. The van der Waals surface area contributed by atoms with Crippen LogP contribution in [0.15, 0.2) is 84.9 Å². The molecule has 0 bridgehead atoms. The molecular formula is C35H36N4O3. The molecule has 0 saturated carbocycles. The van der Waals surface area contributed by atoms with Crippen molar-refractivity contribution in [1.29, 1.82) is 0 Å². The molecule has 0 N–H and O–H groups in total. The maximum Gasteiger partial charge on any atom is 0.248 e. The zero-order valence-corrected chi connectivity index (χ0v) is 24.4. The number of hydrogen-bond donors (Lipinski definition) is 0. The minimum absolute atomic E-state index is 0.0618. The number of benzene rings is 4. The highest BCUT2D eigenvalue weighted by Gasteiger charge is 2.36. The number of imidazole rings is 1. The summed E-state index contributed by atoms with van der Waals surface area (Å²) in [7, 11) is 0. The first-order chi connectivity index (χ1) is 20.5. The quantitative estimate of drug-likeness (QED) is 0.190.